The maximum Gasteiger partial charge on any atom is 0.258 e. The van der Waals surface area contributed by atoms with Gasteiger partial charge < -0.3 is 10.2 Å². The fourth-order valence-corrected chi connectivity index (χ4v) is 3.75. The molecule has 1 amide bonds. The first kappa shape index (κ1) is 18.3. The van der Waals surface area contributed by atoms with Crippen molar-refractivity contribution in [3.8, 4) is 0 Å². The van der Waals surface area contributed by atoms with Crippen LogP contribution in [0.3, 0.4) is 0 Å². The van der Waals surface area contributed by atoms with Gasteiger partial charge in [0.1, 0.15) is 5.82 Å². The van der Waals surface area contributed by atoms with E-state index in [-0.39, 0.29) is 10.5 Å². The minimum Gasteiger partial charge on any atom is -0.374 e. The number of nitrogens with one attached hydrogen (secondary N) is 2. The highest BCUT2D eigenvalue weighted by Gasteiger charge is 2.19. The summed E-state index contributed by atoms with van der Waals surface area (Å²) in [6.07, 6.45) is 2.06. The average molecular weight is 377 g/mol. The third-order valence-electron chi connectivity index (χ3n) is 4.46. The van der Waals surface area contributed by atoms with Crippen LogP contribution < -0.4 is 14.9 Å². The summed E-state index contributed by atoms with van der Waals surface area (Å²) in [5, 5.41) is 2.65. The SMILES string of the molecule is CNS(=O)(=O)c1ccc(F)c(C(=O)Nc2ccc3c(c2)N(C)CCC3)c1. The summed E-state index contributed by atoms with van der Waals surface area (Å²) in [6, 6.07) is 8.67. The van der Waals surface area contributed by atoms with Gasteiger partial charge in [-0.15, -0.1) is 0 Å². The van der Waals surface area contributed by atoms with Gasteiger partial charge in [-0.25, -0.2) is 17.5 Å². The number of carbonyl (C=O) groups is 1. The molecule has 1 aliphatic rings. The minimum absolute atomic E-state index is 0.170. The van der Waals surface area contributed by atoms with Gasteiger partial charge in [0.15, 0.2) is 0 Å². The molecule has 138 valence electrons. The second-order valence-corrected chi connectivity index (χ2v) is 8.06. The first-order chi connectivity index (χ1) is 12.3. The normalized spacial score (nSPS) is 14.0. The van der Waals surface area contributed by atoms with Crippen LogP contribution in [0.2, 0.25) is 0 Å². The number of benzene rings is 2. The zero-order valence-electron chi connectivity index (χ0n) is 14.5. The van der Waals surface area contributed by atoms with Crippen LogP contribution >= 0.6 is 0 Å². The Morgan fingerprint density at radius 1 is 1.19 bits per heavy atom. The standard InChI is InChI=1S/C18H20FN3O3S/c1-20-26(24,25)14-7-8-16(19)15(11-14)18(23)21-13-6-5-12-4-3-9-22(2)17(12)10-13/h5-8,10-11,20H,3-4,9H2,1-2H3,(H,21,23). The van der Waals surface area contributed by atoms with Crippen LogP contribution in [-0.2, 0) is 16.4 Å². The molecule has 0 spiro atoms. The van der Waals surface area contributed by atoms with Crippen LogP contribution in [0.15, 0.2) is 41.3 Å². The number of hydrogen-bond donors (Lipinski definition) is 2. The molecule has 0 aliphatic carbocycles. The van der Waals surface area contributed by atoms with E-state index in [0.717, 1.165) is 43.3 Å². The lowest BCUT2D eigenvalue weighted by Crippen LogP contribution is -2.25. The number of hydrogen-bond acceptors (Lipinski definition) is 4. The van der Waals surface area contributed by atoms with Crippen molar-refractivity contribution in [3.05, 3.63) is 53.3 Å². The summed E-state index contributed by atoms with van der Waals surface area (Å²) in [7, 11) is -0.533. The summed E-state index contributed by atoms with van der Waals surface area (Å²) >= 11 is 0. The topological polar surface area (TPSA) is 78.5 Å². The molecule has 2 N–H and O–H groups in total. The molecule has 8 heteroatoms. The lowest BCUT2D eigenvalue weighted by Gasteiger charge is -2.28. The van der Waals surface area contributed by atoms with Crippen molar-refractivity contribution < 1.29 is 17.6 Å². The van der Waals surface area contributed by atoms with Gasteiger partial charge in [-0.05, 0) is 55.8 Å². The molecular weight excluding hydrogens is 357 g/mol. The molecule has 1 heterocycles. The number of fused-ring (bicyclic) bond motifs is 1. The summed E-state index contributed by atoms with van der Waals surface area (Å²) in [5.41, 5.74) is 2.43. The fraction of sp³-hybridized carbons (Fsp3) is 0.278. The third kappa shape index (κ3) is 3.56. The van der Waals surface area contributed by atoms with Crippen LogP contribution in [0.4, 0.5) is 15.8 Å². The fourth-order valence-electron chi connectivity index (χ4n) is 3.00. The average Bonchev–Trinajstić information content (AvgIpc) is 2.62. The van der Waals surface area contributed by atoms with Gasteiger partial charge in [0.2, 0.25) is 10.0 Å². The van der Waals surface area contributed by atoms with E-state index in [2.05, 4.69) is 14.9 Å². The van der Waals surface area contributed by atoms with Gasteiger partial charge in [-0.1, -0.05) is 6.07 Å². The minimum atomic E-state index is -3.77. The summed E-state index contributed by atoms with van der Waals surface area (Å²) < 4.78 is 40.0. The molecule has 0 radical (unpaired) electrons. The lowest BCUT2D eigenvalue weighted by molar-refractivity contribution is 0.102. The Hall–Kier alpha value is -2.45. The molecule has 2 aromatic carbocycles. The number of amides is 1. The van der Waals surface area contributed by atoms with Gasteiger partial charge >= 0.3 is 0 Å². The maximum absolute atomic E-state index is 14.1. The Kier molecular flexibility index (Phi) is 4.97. The first-order valence-electron chi connectivity index (χ1n) is 8.20. The Balaban J connectivity index is 1.89. The molecule has 0 saturated carbocycles. The number of carbonyl (C=O) groups excluding carboxylic acids is 1. The molecule has 2 aromatic rings. The first-order valence-corrected chi connectivity index (χ1v) is 9.68. The molecule has 0 aromatic heterocycles. The summed E-state index contributed by atoms with van der Waals surface area (Å²) in [4.78, 5) is 14.4. The smallest absolute Gasteiger partial charge is 0.258 e. The third-order valence-corrected chi connectivity index (χ3v) is 5.87. The maximum atomic E-state index is 14.1. The number of rotatable bonds is 4. The van der Waals surface area contributed by atoms with Crippen molar-refractivity contribution >= 4 is 27.3 Å². The second kappa shape index (κ2) is 7.05. The molecule has 0 unspecified atom stereocenters. The molecule has 3 rings (SSSR count). The van der Waals surface area contributed by atoms with Crippen molar-refractivity contribution in [2.75, 3.05) is 30.9 Å². The van der Waals surface area contributed by atoms with Gasteiger partial charge in [0.05, 0.1) is 10.5 Å². The highest BCUT2D eigenvalue weighted by molar-refractivity contribution is 7.89. The predicted molar refractivity (Wildman–Crippen MR) is 98.6 cm³/mol. The van der Waals surface area contributed by atoms with Crippen molar-refractivity contribution in [1.29, 1.82) is 0 Å². The van der Waals surface area contributed by atoms with Crippen LogP contribution in [0.25, 0.3) is 0 Å². The molecule has 0 fully saturated rings. The Morgan fingerprint density at radius 2 is 1.96 bits per heavy atom. The van der Waals surface area contributed by atoms with E-state index >= 15 is 0 Å². The molecule has 0 bridgehead atoms. The molecule has 0 saturated heterocycles. The molecule has 6 nitrogen and oxygen atoms in total. The van der Waals surface area contributed by atoms with Gasteiger partial charge in [0.25, 0.3) is 5.91 Å². The van der Waals surface area contributed by atoms with Crippen molar-refractivity contribution in [2.45, 2.75) is 17.7 Å². The summed E-state index contributed by atoms with van der Waals surface area (Å²) in [6.45, 7) is 0.933. The van der Waals surface area contributed by atoms with Crippen molar-refractivity contribution in [1.82, 2.24) is 4.72 Å². The zero-order valence-corrected chi connectivity index (χ0v) is 15.4. The molecular formula is C18H20FN3O3S. The van der Waals surface area contributed by atoms with Crippen LogP contribution in [-0.4, -0.2) is 35.0 Å². The molecule has 0 atom stereocenters. The van der Waals surface area contributed by atoms with E-state index in [1.54, 1.807) is 6.07 Å². The summed E-state index contributed by atoms with van der Waals surface area (Å²) in [5.74, 6) is -1.48. The van der Waals surface area contributed by atoms with E-state index in [0.29, 0.717) is 5.69 Å². The van der Waals surface area contributed by atoms with E-state index in [1.165, 1.54) is 12.6 Å². The van der Waals surface area contributed by atoms with Gasteiger partial charge in [0, 0.05) is 25.0 Å². The van der Waals surface area contributed by atoms with Crippen LogP contribution in [0.1, 0.15) is 22.3 Å². The van der Waals surface area contributed by atoms with E-state index in [4.69, 9.17) is 0 Å². The van der Waals surface area contributed by atoms with E-state index in [1.807, 2.05) is 19.2 Å². The number of nitrogens with zero attached hydrogens (tertiary/aromatic N) is 1. The van der Waals surface area contributed by atoms with Crippen molar-refractivity contribution in [3.63, 3.8) is 0 Å². The highest BCUT2D eigenvalue weighted by Crippen LogP contribution is 2.29. The van der Waals surface area contributed by atoms with E-state index < -0.39 is 21.7 Å². The monoisotopic (exact) mass is 377 g/mol. The quantitative estimate of drug-likeness (QED) is 0.857. The van der Waals surface area contributed by atoms with E-state index in [9.17, 15) is 17.6 Å². The number of aryl methyl sites for hydroxylation is 1. The van der Waals surface area contributed by atoms with Crippen molar-refractivity contribution in [2.24, 2.45) is 0 Å². The Labute approximate surface area is 152 Å². The van der Waals surface area contributed by atoms with Gasteiger partial charge in [-0.3, -0.25) is 4.79 Å². The zero-order chi connectivity index (χ0) is 18.9. The Bertz CT molecular complexity index is 960. The number of anilines is 2. The largest absolute Gasteiger partial charge is 0.374 e. The predicted octanol–water partition coefficient (Wildman–Crippen LogP) is 2.37. The van der Waals surface area contributed by atoms with Crippen LogP contribution in [0, 0.1) is 5.82 Å². The number of halogens is 1. The highest BCUT2D eigenvalue weighted by atomic mass is 32.2. The number of sulfonamides is 1. The lowest BCUT2D eigenvalue weighted by atomic mass is 10.0. The van der Waals surface area contributed by atoms with Gasteiger partial charge in [-0.2, -0.15) is 0 Å². The molecule has 1 aliphatic heterocycles. The molecule has 26 heavy (non-hydrogen) atoms. The Morgan fingerprint density at radius 3 is 2.69 bits per heavy atom. The van der Waals surface area contributed by atoms with Crippen LogP contribution in [0.5, 0.6) is 0 Å². The second-order valence-electron chi connectivity index (χ2n) is 6.17.